The lowest BCUT2D eigenvalue weighted by molar-refractivity contribution is 0.0997. The van der Waals surface area contributed by atoms with Crippen LogP contribution in [0.25, 0.3) is 0 Å². The van der Waals surface area contributed by atoms with Crippen molar-refractivity contribution in [3.05, 3.63) is 28.8 Å². The van der Waals surface area contributed by atoms with Gasteiger partial charge in [-0.2, -0.15) is 0 Å². The number of rotatable bonds is 2. The van der Waals surface area contributed by atoms with Gasteiger partial charge in [0.1, 0.15) is 0 Å². The third kappa shape index (κ3) is 2.24. The highest BCUT2D eigenvalue weighted by Crippen LogP contribution is 2.20. The van der Waals surface area contributed by atoms with Gasteiger partial charge in [-0.05, 0) is 18.2 Å². The molecule has 0 radical (unpaired) electrons. The largest absolute Gasteiger partial charge is 0.366 e. The number of benzene rings is 1. The smallest absolute Gasteiger partial charge is 0.250 e. The van der Waals surface area contributed by atoms with Gasteiger partial charge in [0, 0.05) is 11.3 Å². The molecule has 0 bridgehead atoms. The average molecular weight is 234 g/mol. The summed E-state index contributed by atoms with van der Waals surface area (Å²) in [6, 6.07) is 3.91. The lowest BCUT2D eigenvalue weighted by Crippen LogP contribution is -2.15. The minimum absolute atomic E-state index is 0.0445. The van der Waals surface area contributed by atoms with Crippen LogP contribution in [0.2, 0.25) is 5.02 Å². The van der Waals surface area contributed by atoms with E-state index in [4.69, 9.17) is 17.3 Å². The number of nitrogens with two attached hydrogens (primary N) is 1. The number of halogens is 1. The Bertz CT molecular complexity index is 481. The summed E-state index contributed by atoms with van der Waals surface area (Å²) in [6.45, 7) is 0. The molecular formula is C8H8ClNO3S. The molecule has 4 nitrogen and oxygen atoms in total. The molecule has 1 aromatic carbocycles. The minimum atomic E-state index is -3.49. The van der Waals surface area contributed by atoms with Gasteiger partial charge in [0.25, 0.3) is 0 Å². The van der Waals surface area contributed by atoms with E-state index in [1.165, 1.54) is 18.2 Å². The van der Waals surface area contributed by atoms with Crippen LogP contribution in [0.1, 0.15) is 10.4 Å². The summed E-state index contributed by atoms with van der Waals surface area (Å²) in [7, 11) is -3.49. The third-order valence-electron chi connectivity index (χ3n) is 1.61. The average Bonchev–Trinajstić information content (AvgIpc) is 2.01. The molecule has 1 rings (SSSR count). The van der Waals surface area contributed by atoms with Gasteiger partial charge in [-0.3, -0.25) is 4.79 Å². The SMILES string of the molecule is CS(=O)(=O)c1cc(Cl)ccc1C(N)=O. The second kappa shape index (κ2) is 3.59. The molecule has 76 valence electrons. The summed E-state index contributed by atoms with van der Waals surface area (Å²) >= 11 is 5.61. The molecule has 14 heavy (non-hydrogen) atoms. The van der Waals surface area contributed by atoms with Crippen molar-refractivity contribution in [3.8, 4) is 0 Å². The van der Waals surface area contributed by atoms with E-state index in [2.05, 4.69) is 0 Å². The first-order chi connectivity index (χ1) is 6.32. The van der Waals surface area contributed by atoms with Crippen molar-refractivity contribution in [2.75, 3.05) is 6.26 Å². The van der Waals surface area contributed by atoms with Crippen molar-refractivity contribution in [1.82, 2.24) is 0 Å². The Morgan fingerprint density at radius 1 is 1.43 bits per heavy atom. The standard InChI is InChI=1S/C8H8ClNO3S/c1-14(12,13)7-4-5(9)2-3-6(7)8(10)11/h2-4H,1H3,(H2,10,11). The quantitative estimate of drug-likeness (QED) is 0.822. The van der Waals surface area contributed by atoms with E-state index >= 15 is 0 Å². The normalized spacial score (nSPS) is 11.3. The van der Waals surface area contributed by atoms with E-state index < -0.39 is 15.7 Å². The van der Waals surface area contributed by atoms with Crippen LogP contribution >= 0.6 is 11.6 Å². The molecule has 0 aromatic heterocycles. The Kier molecular flexibility index (Phi) is 2.82. The predicted molar refractivity (Wildman–Crippen MR) is 53.1 cm³/mol. The molecule has 1 aromatic rings. The molecule has 0 aliphatic heterocycles. The van der Waals surface area contributed by atoms with Gasteiger partial charge in [0.2, 0.25) is 5.91 Å². The summed E-state index contributed by atoms with van der Waals surface area (Å²) in [5, 5.41) is 0.246. The second-order valence-corrected chi connectivity index (χ2v) is 5.20. The molecule has 0 unspecified atom stereocenters. The zero-order chi connectivity index (χ0) is 10.9. The van der Waals surface area contributed by atoms with Crippen molar-refractivity contribution in [2.24, 2.45) is 5.73 Å². The molecule has 2 N–H and O–H groups in total. The van der Waals surface area contributed by atoms with Gasteiger partial charge < -0.3 is 5.73 Å². The monoisotopic (exact) mass is 233 g/mol. The Morgan fingerprint density at radius 2 is 2.00 bits per heavy atom. The number of carbonyl (C=O) groups excluding carboxylic acids is 1. The number of carbonyl (C=O) groups is 1. The summed E-state index contributed by atoms with van der Waals surface area (Å²) in [5.74, 6) is -0.790. The minimum Gasteiger partial charge on any atom is -0.366 e. The van der Waals surface area contributed by atoms with Crippen LogP contribution < -0.4 is 5.73 Å². The third-order valence-corrected chi connectivity index (χ3v) is 2.98. The molecule has 0 atom stereocenters. The van der Waals surface area contributed by atoms with E-state index in [1.807, 2.05) is 0 Å². The summed E-state index contributed by atoms with van der Waals surface area (Å²) in [6.07, 6.45) is 0.991. The fourth-order valence-electron chi connectivity index (χ4n) is 1.01. The fraction of sp³-hybridized carbons (Fsp3) is 0.125. The van der Waals surface area contributed by atoms with Gasteiger partial charge >= 0.3 is 0 Å². The number of sulfone groups is 1. The lowest BCUT2D eigenvalue weighted by Gasteiger charge is -2.04. The van der Waals surface area contributed by atoms with Gasteiger partial charge in [-0.1, -0.05) is 11.6 Å². The highest BCUT2D eigenvalue weighted by molar-refractivity contribution is 7.90. The van der Waals surface area contributed by atoms with Crippen LogP contribution in [-0.2, 0) is 9.84 Å². The molecular weight excluding hydrogens is 226 g/mol. The fourth-order valence-corrected chi connectivity index (χ4v) is 2.15. The van der Waals surface area contributed by atoms with E-state index in [0.717, 1.165) is 6.26 Å². The zero-order valence-electron chi connectivity index (χ0n) is 7.32. The van der Waals surface area contributed by atoms with Crippen LogP contribution in [0.15, 0.2) is 23.1 Å². The van der Waals surface area contributed by atoms with Crippen LogP contribution in [-0.4, -0.2) is 20.6 Å². The number of hydrogen-bond donors (Lipinski definition) is 1. The molecule has 1 amide bonds. The lowest BCUT2D eigenvalue weighted by atomic mass is 10.2. The Balaban J connectivity index is 3.54. The predicted octanol–water partition coefficient (Wildman–Crippen LogP) is 0.842. The maximum absolute atomic E-state index is 11.2. The van der Waals surface area contributed by atoms with Crippen molar-refractivity contribution < 1.29 is 13.2 Å². The molecule has 6 heteroatoms. The van der Waals surface area contributed by atoms with E-state index in [9.17, 15) is 13.2 Å². The van der Waals surface area contributed by atoms with Gasteiger partial charge in [-0.25, -0.2) is 8.42 Å². The second-order valence-electron chi connectivity index (χ2n) is 2.78. The van der Waals surface area contributed by atoms with E-state index in [0.29, 0.717) is 0 Å². The van der Waals surface area contributed by atoms with Gasteiger partial charge in [0.15, 0.2) is 9.84 Å². The molecule has 0 heterocycles. The molecule has 0 saturated carbocycles. The highest BCUT2D eigenvalue weighted by Gasteiger charge is 2.16. The van der Waals surface area contributed by atoms with Gasteiger partial charge in [0.05, 0.1) is 10.5 Å². The maximum Gasteiger partial charge on any atom is 0.250 e. The van der Waals surface area contributed by atoms with Crippen molar-refractivity contribution >= 4 is 27.3 Å². The van der Waals surface area contributed by atoms with E-state index in [1.54, 1.807) is 0 Å². The molecule has 0 aliphatic carbocycles. The zero-order valence-corrected chi connectivity index (χ0v) is 8.89. The van der Waals surface area contributed by atoms with Crippen LogP contribution in [0.3, 0.4) is 0 Å². The van der Waals surface area contributed by atoms with Crippen molar-refractivity contribution in [2.45, 2.75) is 4.90 Å². The summed E-state index contributed by atoms with van der Waals surface area (Å²) in [5.41, 5.74) is 4.97. The first-order valence-electron chi connectivity index (χ1n) is 3.62. The highest BCUT2D eigenvalue weighted by atomic mass is 35.5. The Labute approximate surface area is 86.6 Å². The van der Waals surface area contributed by atoms with Crippen LogP contribution in [0, 0.1) is 0 Å². The Hall–Kier alpha value is -1.07. The first-order valence-corrected chi connectivity index (χ1v) is 5.88. The summed E-state index contributed by atoms with van der Waals surface area (Å²) < 4.78 is 22.5. The van der Waals surface area contributed by atoms with E-state index in [-0.39, 0.29) is 15.5 Å². The number of amides is 1. The van der Waals surface area contributed by atoms with Gasteiger partial charge in [-0.15, -0.1) is 0 Å². The maximum atomic E-state index is 11.2. The summed E-state index contributed by atoms with van der Waals surface area (Å²) in [4.78, 5) is 10.8. The topological polar surface area (TPSA) is 77.2 Å². The molecule has 0 aliphatic rings. The number of primary amides is 1. The molecule has 0 spiro atoms. The van der Waals surface area contributed by atoms with Crippen molar-refractivity contribution in [1.29, 1.82) is 0 Å². The van der Waals surface area contributed by atoms with Crippen LogP contribution in [0.4, 0.5) is 0 Å². The first kappa shape index (κ1) is 11.0. The molecule has 0 saturated heterocycles. The van der Waals surface area contributed by atoms with Crippen LogP contribution in [0.5, 0.6) is 0 Å². The number of hydrogen-bond acceptors (Lipinski definition) is 3. The molecule has 0 fully saturated rings. The van der Waals surface area contributed by atoms with Crippen molar-refractivity contribution in [3.63, 3.8) is 0 Å². The Morgan fingerprint density at radius 3 is 2.43 bits per heavy atom.